The molecule has 0 heterocycles. The molecule has 0 aromatic heterocycles. The summed E-state index contributed by atoms with van der Waals surface area (Å²) in [4.78, 5) is 0. The summed E-state index contributed by atoms with van der Waals surface area (Å²) in [6, 6.07) is 12.4. The maximum Gasteiger partial charge on any atom is 0.124 e. The van der Waals surface area contributed by atoms with E-state index >= 15 is 0 Å². The minimum Gasteiger partial charge on any atom is -0.489 e. The predicted octanol–water partition coefficient (Wildman–Crippen LogP) is 4.12. The van der Waals surface area contributed by atoms with Crippen LogP contribution in [0.4, 0.5) is 4.39 Å². The normalized spacial score (nSPS) is 12.2. The Hall–Kier alpha value is -1.87. The van der Waals surface area contributed by atoms with Gasteiger partial charge in [-0.05, 0) is 42.7 Å². The fourth-order valence-electron chi connectivity index (χ4n) is 2.09. The Morgan fingerprint density at radius 3 is 2.70 bits per heavy atom. The Kier molecular flexibility index (Phi) is 4.74. The molecule has 2 N–H and O–H groups in total. The van der Waals surface area contributed by atoms with Crippen molar-refractivity contribution in [2.24, 2.45) is 5.73 Å². The van der Waals surface area contributed by atoms with Crippen LogP contribution in [-0.2, 0) is 6.61 Å². The largest absolute Gasteiger partial charge is 0.489 e. The van der Waals surface area contributed by atoms with Crippen LogP contribution in [0, 0.1) is 12.7 Å². The molecule has 20 heavy (non-hydrogen) atoms. The maximum atomic E-state index is 13.3. The van der Waals surface area contributed by atoms with Gasteiger partial charge in [0.2, 0.25) is 0 Å². The number of benzene rings is 2. The van der Waals surface area contributed by atoms with Crippen molar-refractivity contribution in [3.63, 3.8) is 0 Å². The van der Waals surface area contributed by atoms with Crippen LogP contribution in [0.1, 0.15) is 36.1 Å². The lowest BCUT2D eigenvalue weighted by molar-refractivity contribution is 0.299. The van der Waals surface area contributed by atoms with Gasteiger partial charge in [0.15, 0.2) is 0 Å². The van der Waals surface area contributed by atoms with Gasteiger partial charge in [-0.2, -0.15) is 0 Å². The molecule has 0 bridgehead atoms. The third-order valence-electron chi connectivity index (χ3n) is 3.45. The number of hydrogen-bond acceptors (Lipinski definition) is 2. The van der Waals surface area contributed by atoms with Gasteiger partial charge in [0, 0.05) is 11.6 Å². The van der Waals surface area contributed by atoms with Gasteiger partial charge >= 0.3 is 0 Å². The molecule has 0 saturated carbocycles. The average molecular weight is 273 g/mol. The monoisotopic (exact) mass is 273 g/mol. The number of para-hydroxylation sites is 1. The third kappa shape index (κ3) is 3.36. The average Bonchev–Trinajstić information content (AvgIpc) is 2.47. The molecular formula is C17H20FNO. The van der Waals surface area contributed by atoms with Crippen molar-refractivity contribution < 1.29 is 9.13 Å². The van der Waals surface area contributed by atoms with Crippen LogP contribution in [0.15, 0.2) is 42.5 Å². The Labute approximate surface area is 119 Å². The zero-order valence-corrected chi connectivity index (χ0v) is 11.9. The SMILES string of the molecule is CCC(N)c1ccccc1OCc1cc(F)ccc1C. The molecule has 1 atom stereocenters. The lowest BCUT2D eigenvalue weighted by Gasteiger charge is -2.16. The first-order valence-corrected chi connectivity index (χ1v) is 6.84. The molecule has 1 unspecified atom stereocenters. The van der Waals surface area contributed by atoms with E-state index in [1.54, 1.807) is 6.07 Å². The van der Waals surface area contributed by atoms with Gasteiger partial charge in [0.1, 0.15) is 18.2 Å². The molecule has 0 spiro atoms. The third-order valence-corrected chi connectivity index (χ3v) is 3.45. The van der Waals surface area contributed by atoms with Crippen molar-refractivity contribution in [3.05, 3.63) is 65.0 Å². The van der Waals surface area contributed by atoms with E-state index in [1.165, 1.54) is 12.1 Å². The molecule has 0 aliphatic rings. The highest BCUT2D eigenvalue weighted by molar-refractivity contribution is 5.36. The molecule has 0 aliphatic heterocycles. The van der Waals surface area contributed by atoms with Gasteiger partial charge in [-0.1, -0.05) is 31.2 Å². The fraction of sp³-hybridized carbons (Fsp3) is 0.294. The zero-order chi connectivity index (χ0) is 14.5. The fourth-order valence-corrected chi connectivity index (χ4v) is 2.09. The van der Waals surface area contributed by atoms with Crippen molar-refractivity contribution in [3.8, 4) is 5.75 Å². The van der Waals surface area contributed by atoms with Crippen LogP contribution >= 0.6 is 0 Å². The van der Waals surface area contributed by atoms with Crippen molar-refractivity contribution in [2.45, 2.75) is 32.9 Å². The van der Waals surface area contributed by atoms with E-state index in [2.05, 4.69) is 0 Å². The minimum absolute atomic E-state index is 0.0418. The molecule has 0 saturated heterocycles. The Morgan fingerprint density at radius 1 is 1.20 bits per heavy atom. The molecular weight excluding hydrogens is 253 g/mol. The van der Waals surface area contributed by atoms with Crippen molar-refractivity contribution in [2.75, 3.05) is 0 Å². The second-order valence-electron chi connectivity index (χ2n) is 4.91. The zero-order valence-electron chi connectivity index (χ0n) is 11.9. The second-order valence-corrected chi connectivity index (χ2v) is 4.91. The van der Waals surface area contributed by atoms with Crippen LogP contribution in [0.5, 0.6) is 5.75 Å². The molecule has 0 aliphatic carbocycles. The molecule has 2 rings (SSSR count). The summed E-state index contributed by atoms with van der Waals surface area (Å²) in [7, 11) is 0. The highest BCUT2D eigenvalue weighted by Crippen LogP contribution is 2.26. The minimum atomic E-state index is -0.243. The predicted molar refractivity (Wildman–Crippen MR) is 79.1 cm³/mol. The van der Waals surface area contributed by atoms with Gasteiger partial charge in [-0.3, -0.25) is 0 Å². The van der Waals surface area contributed by atoms with Crippen LogP contribution in [0.2, 0.25) is 0 Å². The summed E-state index contributed by atoms with van der Waals surface area (Å²) < 4.78 is 19.1. The lowest BCUT2D eigenvalue weighted by atomic mass is 10.0. The topological polar surface area (TPSA) is 35.2 Å². The van der Waals surface area contributed by atoms with E-state index in [0.29, 0.717) is 6.61 Å². The number of ether oxygens (including phenoxy) is 1. The van der Waals surface area contributed by atoms with E-state index in [1.807, 2.05) is 38.1 Å². The Bertz CT molecular complexity index is 583. The highest BCUT2D eigenvalue weighted by Gasteiger charge is 2.10. The van der Waals surface area contributed by atoms with Gasteiger partial charge in [0.05, 0.1) is 0 Å². The summed E-state index contributed by atoms with van der Waals surface area (Å²) in [5.41, 5.74) is 8.94. The molecule has 0 radical (unpaired) electrons. The Morgan fingerprint density at radius 2 is 1.95 bits per heavy atom. The summed E-state index contributed by atoms with van der Waals surface area (Å²) in [5.74, 6) is 0.526. The molecule has 0 amide bonds. The van der Waals surface area contributed by atoms with Gasteiger partial charge in [-0.25, -0.2) is 4.39 Å². The first-order valence-electron chi connectivity index (χ1n) is 6.84. The van der Waals surface area contributed by atoms with Crippen LogP contribution in [-0.4, -0.2) is 0 Å². The van der Waals surface area contributed by atoms with Crippen LogP contribution in [0.25, 0.3) is 0 Å². The molecule has 2 aromatic carbocycles. The van der Waals surface area contributed by atoms with Crippen molar-refractivity contribution in [1.82, 2.24) is 0 Å². The standard InChI is InChI=1S/C17H20FNO/c1-3-16(19)15-6-4-5-7-17(15)20-11-13-10-14(18)9-8-12(13)2/h4-10,16H,3,11,19H2,1-2H3. The number of aryl methyl sites for hydroxylation is 1. The molecule has 2 aromatic rings. The van der Waals surface area contributed by atoms with E-state index in [4.69, 9.17) is 10.5 Å². The van der Waals surface area contributed by atoms with E-state index in [9.17, 15) is 4.39 Å². The van der Waals surface area contributed by atoms with E-state index in [-0.39, 0.29) is 11.9 Å². The van der Waals surface area contributed by atoms with Gasteiger partial charge < -0.3 is 10.5 Å². The Balaban J connectivity index is 2.17. The summed E-state index contributed by atoms with van der Waals surface area (Å²) in [5, 5.41) is 0. The van der Waals surface area contributed by atoms with Gasteiger partial charge in [0.25, 0.3) is 0 Å². The summed E-state index contributed by atoms with van der Waals surface area (Å²) in [6.07, 6.45) is 0.847. The summed E-state index contributed by atoms with van der Waals surface area (Å²) >= 11 is 0. The molecule has 106 valence electrons. The van der Waals surface area contributed by atoms with Crippen molar-refractivity contribution in [1.29, 1.82) is 0 Å². The highest BCUT2D eigenvalue weighted by atomic mass is 19.1. The summed E-state index contributed by atoms with van der Waals surface area (Å²) in [6.45, 7) is 4.33. The second kappa shape index (κ2) is 6.53. The molecule has 0 fully saturated rings. The number of rotatable bonds is 5. The van der Waals surface area contributed by atoms with Crippen LogP contribution in [0.3, 0.4) is 0 Å². The van der Waals surface area contributed by atoms with E-state index in [0.717, 1.165) is 28.9 Å². The number of hydrogen-bond donors (Lipinski definition) is 1. The number of nitrogens with two attached hydrogens (primary N) is 1. The number of halogens is 1. The first-order chi connectivity index (χ1) is 9.61. The molecule has 2 nitrogen and oxygen atoms in total. The lowest BCUT2D eigenvalue weighted by Crippen LogP contribution is -2.11. The quantitative estimate of drug-likeness (QED) is 0.889. The van der Waals surface area contributed by atoms with Gasteiger partial charge in [-0.15, -0.1) is 0 Å². The van der Waals surface area contributed by atoms with E-state index < -0.39 is 0 Å². The first kappa shape index (κ1) is 14.5. The molecule has 3 heteroatoms. The maximum absolute atomic E-state index is 13.3. The van der Waals surface area contributed by atoms with Crippen molar-refractivity contribution >= 4 is 0 Å². The van der Waals surface area contributed by atoms with Crippen LogP contribution < -0.4 is 10.5 Å². The smallest absolute Gasteiger partial charge is 0.124 e.